The quantitative estimate of drug-likeness (QED) is 0.863. The van der Waals surface area contributed by atoms with Gasteiger partial charge in [-0.1, -0.05) is 6.92 Å². The second kappa shape index (κ2) is 5.98. The molecule has 0 bridgehead atoms. The molecule has 0 aliphatic carbocycles. The number of carboxylic acids is 1. The lowest BCUT2D eigenvalue weighted by atomic mass is 9.97. The summed E-state index contributed by atoms with van der Waals surface area (Å²) >= 11 is 1.45. The van der Waals surface area contributed by atoms with Gasteiger partial charge in [0.1, 0.15) is 12.2 Å². The average Bonchev–Trinajstić information content (AvgIpc) is 2.73. The van der Waals surface area contributed by atoms with Crippen molar-refractivity contribution in [2.75, 3.05) is 25.0 Å². The molecule has 2 heterocycles. The Hall–Kier alpha value is -1.67. The lowest BCUT2D eigenvalue weighted by Gasteiger charge is -2.46. The van der Waals surface area contributed by atoms with Gasteiger partial charge < -0.3 is 14.7 Å². The number of hydrogen-bond acceptors (Lipinski definition) is 5. The second-order valence-electron chi connectivity index (χ2n) is 5.29. The number of urea groups is 1. The van der Waals surface area contributed by atoms with Crippen LogP contribution in [0, 0.1) is 6.92 Å². The number of nitrogens with zero attached hydrogens (tertiary/aromatic N) is 2. The summed E-state index contributed by atoms with van der Waals surface area (Å²) in [6.07, 6.45) is 0.836. The number of nitrogens with one attached hydrogen (secondary N) is 1. The third kappa shape index (κ3) is 3.70. The van der Waals surface area contributed by atoms with Crippen LogP contribution in [0.3, 0.4) is 0 Å². The molecule has 0 saturated carbocycles. The molecule has 2 amide bonds. The van der Waals surface area contributed by atoms with Gasteiger partial charge in [0.15, 0.2) is 5.13 Å². The maximum atomic E-state index is 12.0. The molecule has 1 aliphatic rings. The number of likely N-dealkylation sites (tertiary alicyclic amines) is 1. The van der Waals surface area contributed by atoms with Gasteiger partial charge in [0.2, 0.25) is 0 Å². The van der Waals surface area contributed by atoms with Gasteiger partial charge in [-0.05, 0) is 20.3 Å². The second-order valence-corrected chi connectivity index (χ2v) is 6.50. The normalized spacial score (nSPS) is 16.4. The van der Waals surface area contributed by atoms with Crippen molar-refractivity contribution in [1.29, 1.82) is 0 Å². The van der Waals surface area contributed by atoms with Crippen LogP contribution in [0.25, 0.3) is 0 Å². The molecule has 1 saturated heterocycles. The van der Waals surface area contributed by atoms with Crippen LogP contribution >= 0.6 is 11.3 Å². The van der Waals surface area contributed by atoms with Crippen molar-refractivity contribution in [2.45, 2.75) is 32.8 Å². The number of ether oxygens (including phenoxy) is 1. The fourth-order valence-corrected chi connectivity index (χ4v) is 3.10. The molecule has 1 aromatic heterocycles. The minimum Gasteiger partial charge on any atom is -0.480 e. The number of anilines is 1. The summed E-state index contributed by atoms with van der Waals surface area (Å²) < 4.78 is 5.26. The summed E-state index contributed by atoms with van der Waals surface area (Å²) in [7, 11) is 0. The lowest BCUT2D eigenvalue weighted by molar-refractivity contribution is -0.159. The number of carbonyl (C=O) groups is 2. The Bertz CT molecular complexity index is 552. The van der Waals surface area contributed by atoms with E-state index in [-0.39, 0.29) is 12.6 Å². The summed E-state index contributed by atoms with van der Waals surface area (Å²) in [4.78, 5) is 29.6. The van der Waals surface area contributed by atoms with Crippen LogP contribution in [0.4, 0.5) is 9.93 Å². The molecule has 1 fully saturated rings. The highest BCUT2D eigenvalue weighted by Crippen LogP contribution is 2.27. The zero-order valence-corrected chi connectivity index (χ0v) is 13.1. The molecule has 116 valence electrons. The number of aromatic nitrogens is 1. The van der Waals surface area contributed by atoms with Crippen molar-refractivity contribution < 1.29 is 19.4 Å². The fourth-order valence-electron chi connectivity index (χ4n) is 2.21. The van der Waals surface area contributed by atoms with Crippen LogP contribution in [0.1, 0.15) is 24.4 Å². The molecule has 0 aromatic carbocycles. The number of carboxylic acid groups (broad SMARTS) is 1. The van der Waals surface area contributed by atoms with Crippen molar-refractivity contribution in [3.63, 3.8) is 0 Å². The van der Waals surface area contributed by atoms with Gasteiger partial charge in [-0.2, -0.15) is 0 Å². The first-order valence-corrected chi connectivity index (χ1v) is 7.52. The summed E-state index contributed by atoms with van der Waals surface area (Å²) in [5.74, 6) is -1.01. The van der Waals surface area contributed by atoms with E-state index < -0.39 is 11.6 Å². The SMILES string of the molecule is CCc1nc(NC(=O)N2CC(C)(OCC(=O)O)C2)sc1C. The Labute approximate surface area is 126 Å². The molecule has 0 spiro atoms. The Morgan fingerprint density at radius 1 is 1.52 bits per heavy atom. The van der Waals surface area contributed by atoms with Crippen LogP contribution < -0.4 is 5.32 Å². The molecule has 8 heteroatoms. The minimum atomic E-state index is -1.01. The molecule has 21 heavy (non-hydrogen) atoms. The van der Waals surface area contributed by atoms with E-state index >= 15 is 0 Å². The number of amides is 2. The number of rotatable bonds is 5. The van der Waals surface area contributed by atoms with Crippen LogP contribution in [-0.2, 0) is 16.0 Å². The van der Waals surface area contributed by atoms with Gasteiger partial charge in [0, 0.05) is 4.88 Å². The Balaban J connectivity index is 1.84. The molecule has 0 radical (unpaired) electrons. The molecule has 1 aromatic rings. The highest BCUT2D eigenvalue weighted by Gasteiger charge is 2.43. The maximum absolute atomic E-state index is 12.0. The first-order valence-electron chi connectivity index (χ1n) is 6.71. The third-order valence-electron chi connectivity index (χ3n) is 3.32. The minimum absolute atomic E-state index is 0.234. The highest BCUT2D eigenvalue weighted by molar-refractivity contribution is 7.15. The van der Waals surface area contributed by atoms with E-state index in [0.717, 1.165) is 17.0 Å². The van der Waals surface area contributed by atoms with E-state index in [1.165, 1.54) is 11.3 Å². The lowest BCUT2D eigenvalue weighted by Crippen LogP contribution is -2.64. The maximum Gasteiger partial charge on any atom is 0.329 e. The Morgan fingerprint density at radius 2 is 2.19 bits per heavy atom. The molecule has 0 unspecified atom stereocenters. The van der Waals surface area contributed by atoms with E-state index in [0.29, 0.717) is 18.2 Å². The van der Waals surface area contributed by atoms with E-state index in [2.05, 4.69) is 10.3 Å². The molecule has 2 rings (SSSR count). The topological polar surface area (TPSA) is 91.8 Å². The molecule has 7 nitrogen and oxygen atoms in total. The van der Waals surface area contributed by atoms with Crippen molar-refractivity contribution in [2.24, 2.45) is 0 Å². The number of hydrogen-bond donors (Lipinski definition) is 2. The first kappa shape index (κ1) is 15.7. The summed E-state index contributed by atoms with van der Waals surface area (Å²) in [5, 5.41) is 11.9. The average molecular weight is 313 g/mol. The highest BCUT2D eigenvalue weighted by atomic mass is 32.1. The van der Waals surface area contributed by atoms with Gasteiger partial charge in [-0.3, -0.25) is 5.32 Å². The smallest absolute Gasteiger partial charge is 0.329 e. The molecular formula is C13H19N3O4S. The van der Waals surface area contributed by atoms with E-state index in [9.17, 15) is 9.59 Å². The predicted molar refractivity (Wildman–Crippen MR) is 78.8 cm³/mol. The van der Waals surface area contributed by atoms with Crippen molar-refractivity contribution in [3.8, 4) is 0 Å². The van der Waals surface area contributed by atoms with Gasteiger partial charge >= 0.3 is 12.0 Å². The van der Waals surface area contributed by atoms with Crippen molar-refractivity contribution in [3.05, 3.63) is 10.6 Å². The van der Waals surface area contributed by atoms with Crippen molar-refractivity contribution >= 4 is 28.5 Å². The number of aryl methyl sites for hydroxylation is 2. The van der Waals surface area contributed by atoms with E-state index in [1.54, 1.807) is 11.8 Å². The molecule has 0 atom stereocenters. The zero-order chi connectivity index (χ0) is 15.6. The number of thiazole rings is 1. The number of aliphatic carboxylic acids is 1. The molecular weight excluding hydrogens is 294 g/mol. The van der Waals surface area contributed by atoms with Gasteiger partial charge in [-0.15, -0.1) is 11.3 Å². The van der Waals surface area contributed by atoms with Crippen LogP contribution in [-0.4, -0.2) is 52.3 Å². The monoisotopic (exact) mass is 313 g/mol. The van der Waals surface area contributed by atoms with Crippen LogP contribution in [0.2, 0.25) is 0 Å². The summed E-state index contributed by atoms with van der Waals surface area (Å²) in [5.41, 5.74) is 0.414. The summed E-state index contributed by atoms with van der Waals surface area (Å²) in [6.45, 7) is 6.19. The van der Waals surface area contributed by atoms with Gasteiger partial charge in [0.25, 0.3) is 0 Å². The Morgan fingerprint density at radius 3 is 2.71 bits per heavy atom. The van der Waals surface area contributed by atoms with Crippen LogP contribution in [0.5, 0.6) is 0 Å². The fraction of sp³-hybridized carbons (Fsp3) is 0.615. The Kier molecular flexibility index (Phi) is 4.48. The first-order chi connectivity index (χ1) is 9.83. The largest absolute Gasteiger partial charge is 0.480 e. The van der Waals surface area contributed by atoms with Gasteiger partial charge in [0.05, 0.1) is 18.8 Å². The standard InChI is InChI=1S/C13H19N3O4S/c1-4-9-8(2)21-11(14-9)15-12(19)16-6-13(3,7-16)20-5-10(17)18/h4-7H2,1-3H3,(H,17,18)(H,14,15,19). The summed E-state index contributed by atoms with van der Waals surface area (Å²) in [6, 6.07) is -0.234. The number of carbonyl (C=O) groups excluding carboxylic acids is 1. The zero-order valence-electron chi connectivity index (χ0n) is 12.3. The van der Waals surface area contributed by atoms with E-state index in [4.69, 9.17) is 9.84 Å². The third-order valence-corrected chi connectivity index (χ3v) is 4.25. The van der Waals surface area contributed by atoms with Crippen LogP contribution in [0.15, 0.2) is 0 Å². The molecule has 1 aliphatic heterocycles. The van der Waals surface area contributed by atoms with Gasteiger partial charge in [-0.25, -0.2) is 14.6 Å². The van der Waals surface area contributed by atoms with E-state index in [1.807, 2.05) is 13.8 Å². The predicted octanol–water partition coefficient (Wildman–Crippen LogP) is 1.72. The molecule has 2 N–H and O–H groups in total. The van der Waals surface area contributed by atoms with Crippen molar-refractivity contribution in [1.82, 2.24) is 9.88 Å².